The van der Waals surface area contributed by atoms with Crippen LogP contribution in [0.5, 0.6) is 0 Å². The molecule has 1 atom stereocenters. The molecule has 7 aromatic rings. The number of hydrogen-bond donors (Lipinski definition) is 0. The Morgan fingerprint density at radius 1 is 0.478 bits per heavy atom. The van der Waals surface area contributed by atoms with Crippen LogP contribution in [0.4, 0.5) is 0 Å². The number of amides is 4. The Balaban J connectivity index is 1.22. The lowest BCUT2D eigenvalue weighted by molar-refractivity contribution is 0.0546. The Bertz CT molecular complexity index is 2350. The van der Waals surface area contributed by atoms with Gasteiger partial charge in [-0.25, -0.2) is 0 Å². The van der Waals surface area contributed by atoms with Crippen LogP contribution in [0.1, 0.15) is 65.5 Å². The summed E-state index contributed by atoms with van der Waals surface area (Å²) in [6.07, 6.45) is 0.575. The summed E-state index contributed by atoms with van der Waals surface area (Å²) in [6, 6.07) is 34.0. The first-order chi connectivity index (χ1) is 22.4. The summed E-state index contributed by atoms with van der Waals surface area (Å²) < 4.78 is 0. The minimum Gasteiger partial charge on any atom is -0.274 e. The molecule has 0 N–H and O–H groups in total. The molecule has 0 radical (unpaired) electrons. The summed E-state index contributed by atoms with van der Waals surface area (Å²) in [5, 5.41) is 6.52. The van der Waals surface area contributed by atoms with Crippen LogP contribution in [-0.4, -0.2) is 40.0 Å². The molecule has 7 aromatic carbocycles. The van der Waals surface area contributed by atoms with E-state index in [0.717, 1.165) is 43.4 Å². The van der Waals surface area contributed by atoms with E-state index in [2.05, 4.69) is 0 Å². The quantitative estimate of drug-likeness (QED) is 0.115. The molecule has 2 heterocycles. The lowest BCUT2D eigenvalue weighted by Gasteiger charge is -2.33. The molecule has 46 heavy (non-hydrogen) atoms. The number of hydrogen-bond acceptors (Lipinski definition) is 4. The molecule has 0 bridgehead atoms. The maximum Gasteiger partial charge on any atom is 0.261 e. The maximum absolute atomic E-state index is 14.0. The van der Waals surface area contributed by atoms with Crippen molar-refractivity contribution < 1.29 is 19.2 Å². The molecule has 2 aliphatic heterocycles. The highest BCUT2D eigenvalue weighted by atomic mass is 16.2. The number of benzene rings is 7. The first-order valence-electron chi connectivity index (χ1n) is 15.5. The highest BCUT2D eigenvalue weighted by Gasteiger charge is 2.38. The van der Waals surface area contributed by atoms with Crippen molar-refractivity contribution in [3.63, 3.8) is 0 Å². The number of imide groups is 2. The smallest absolute Gasteiger partial charge is 0.261 e. The van der Waals surface area contributed by atoms with E-state index < -0.39 is 6.04 Å². The topological polar surface area (TPSA) is 74.8 Å². The predicted octanol–water partition coefficient (Wildman–Crippen LogP) is 7.93. The van der Waals surface area contributed by atoms with Crippen molar-refractivity contribution in [2.45, 2.75) is 19.4 Å². The van der Waals surface area contributed by atoms with E-state index in [-0.39, 0.29) is 23.6 Å². The molecular formula is C40H26N2O4. The zero-order valence-corrected chi connectivity index (χ0v) is 24.9. The van der Waals surface area contributed by atoms with Gasteiger partial charge in [-0.1, -0.05) is 84.9 Å². The van der Waals surface area contributed by atoms with E-state index in [0.29, 0.717) is 46.0 Å². The predicted molar refractivity (Wildman–Crippen MR) is 179 cm³/mol. The van der Waals surface area contributed by atoms with Crippen molar-refractivity contribution in [1.29, 1.82) is 0 Å². The van der Waals surface area contributed by atoms with E-state index in [1.54, 1.807) is 0 Å². The fraction of sp³-hybridized carbons (Fsp3) is 0.100. The van der Waals surface area contributed by atoms with Crippen LogP contribution in [0.25, 0.3) is 43.1 Å². The van der Waals surface area contributed by atoms with Crippen LogP contribution in [0.15, 0.2) is 109 Å². The summed E-state index contributed by atoms with van der Waals surface area (Å²) in [5.74, 6) is -1.23. The van der Waals surface area contributed by atoms with Crippen LogP contribution in [0.2, 0.25) is 0 Å². The molecule has 0 fully saturated rings. The van der Waals surface area contributed by atoms with Gasteiger partial charge in [-0.3, -0.25) is 29.0 Å². The Kier molecular flexibility index (Phi) is 5.51. The molecule has 0 saturated heterocycles. The van der Waals surface area contributed by atoms with Gasteiger partial charge in [-0.05, 0) is 81.1 Å². The van der Waals surface area contributed by atoms with Gasteiger partial charge in [-0.15, -0.1) is 0 Å². The third-order valence-corrected chi connectivity index (χ3v) is 9.89. The van der Waals surface area contributed by atoms with E-state index in [4.69, 9.17) is 0 Å². The van der Waals surface area contributed by atoms with Crippen LogP contribution < -0.4 is 0 Å². The van der Waals surface area contributed by atoms with E-state index in [1.807, 2.05) is 116 Å². The molecule has 1 unspecified atom stereocenters. The number of carbonyl (C=O) groups is 4. The molecule has 9 rings (SSSR count). The average molecular weight is 599 g/mol. The van der Waals surface area contributed by atoms with Crippen LogP contribution in [0.3, 0.4) is 0 Å². The van der Waals surface area contributed by atoms with Gasteiger partial charge in [-0.2, -0.15) is 0 Å². The van der Waals surface area contributed by atoms with Gasteiger partial charge in [0.15, 0.2) is 0 Å². The SMILES string of the molecule is CC(c1ccccc1)N1C(=O)c2ccc3c4ccc5c6c(ccc(c7ccc(c2c37)C1=O)c64)C(=O)N(CCc1ccccc1)C5=O. The lowest BCUT2D eigenvalue weighted by atomic mass is 9.82. The van der Waals surface area contributed by atoms with Gasteiger partial charge >= 0.3 is 0 Å². The number of carbonyl (C=O) groups excluding carboxylic acids is 4. The second kappa shape index (κ2) is 9.56. The molecule has 2 aliphatic rings. The minimum absolute atomic E-state index is 0.293. The van der Waals surface area contributed by atoms with Crippen molar-refractivity contribution in [3.8, 4) is 0 Å². The second-order valence-corrected chi connectivity index (χ2v) is 12.2. The van der Waals surface area contributed by atoms with Gasteiger partial charge in [0.25, 0.3) is 23.6 Å². The molecule has 6 nitrogen and oxygen atoms in total. The summed E-state index contributed by atoms with van der Waals surface area (Å²) in [7, 11) is 0. The maximum atomic E-state index is 14.0. The van der Waals surface area contributed by atoms with E-state index in [9.17, 15) is 19.2 Å². The van der Waals surface area contributed by atoms with Crippen LogP contribution in [0, 0.1) is 0 Å². The summed E-state index contributed by atoms with van der Waals surface area (Å²) >= 11 is 0. The molecular weight excluding hydrogens is 572 g/mol. The highest BCUT2D eigenvalue weighted by molar-refractivity contribution is 6.41. The number of fused-ring (bicyclic) bond motifs is 2. The lowest BCUT2D eigenvalue weighted by Crippen LogP contribution is -2.42. The van der Waals surface area contributed by atoms with Crippen LogP contribution in [-0.2, 0) is 6.42 Å². The zero-order valence-electron chi connectivity index (χ0n) is 24.9. The normalized spacial score (nSPS) is 15.2. The molecule has 0 aliphatic carbocycles. The Hall–Kier alpha value is -5.88. The summed E-state index contributed by atoms with van der Waals surface area (Å²) in [4.78, 5) is 58.4. The largest absolute Gasteiger partial charge is 0.274 e. The Labute approximate surface area is 263 Å². The second-order valence-electron chi connectivity index (χ2n) is 12.2. The Morgan fingerprint density at radius 2 is 0.891 bits per heavy atom. The van der Waals surface area contributed by atoms with Gasteiger partial charge in [0.1, 0.15) is 0 Å². The van der Waals surface area contributed by atoms with Gasteiger partial charge < -0.3 is 0 Å². The summed E-state index contributed by atoms with van der Waals surface area (Å²) in [6.45, 7) is 2.17. The third kappa shape index (κ3) is 3.47. The molecule has 6 heteroatoms. The first kappa shape index (κ1) is 26.5. The monoisotopic (exact) mass is 598 g/mol. The first-order valence-corrected chi connectivity index (χ1v) is 15.5. The summed E-state index contributed by atoms with van der Waals surface area (Å²) in [5.41, 5.74) is 3.94. The van der Waals surface area contributed by atoms with Crippen molar-refractivity contribution in [1.82, 2.24) is 9.80 Å². The minimum atomic E-state index is -0.434. The number of nitrogens with zero attached hydrogens (tertiary/aromatic N) is 2. The third-order valence-electron chi connectivity index (χ3n) is 9.89. The van der Waals surface area contributed by atoms with Crippen molar-refractivity contribution in [3.05, 3.63) is 143 Å². The van der Waals surface area contributed by atoms with Crippen molar-refractivity contribution in [2.24, 2.45) is 0 Å². The molecule has 0 aromatic heterocycles. The van der Waals surface area contributed by atoms with Gasteiger partial charge in [0.2, 0.25) is 0 Å². The molecule has 220 valence electrons. The fourth-order valence-electron chi connectivity index (χ4n) is 7.66. The van der Waals surface area contributed by atoms with Crippen molar-refractivity contribution >= 4 is 66.7 Å². The number of rotatable bonds is 5. The average Bonchev–Trinajstić information content (AvgIpc) is 3.09. The van der Waals surface area contributed by atoms with Crippen molar-refractivity contribution in [2.75, 3.05) is 6.54 Å². The van der Waals surface area contributed by atoms with Crippen LogP contribution >= 0.6 is 0 Å². The van der Waals surface area contributed by atoms with Gasteiger partial charge in [0.05, 0.1) is 6.04 Å². The highest BCUT2D eigenvalue weighted by Crippen LogP contribution is 2.46. The fourth-order valence-corrected chi connectivity index (χ4v) is 7.66. The van der Waals surface area contributed by atoms with E-state index in [1.165, 1.54) is 9.80 Å². The molecule has 0 spiro atoms. The Morgan fingerprint density at radius 3 is 1.35 bits per heavy atom. The molecule has 0 saturated carbocycles. The van der Waals surface area contributed by atoms with Gasteiger partial charge in [0, 0.05) is 39.6 Å². The van der Waals surface area contributed by atoms with E-state index >= 15 is 0 Å². The standard InChI is InChI=1S/C40H26N2O4/c1-22(24-10-6-3-7-11-24)42-39(45)31-18-14-27-25-12-16-29-35-30(38(44)41(37(29)43)21-20-23-8-4-2-5-9-23)17-13-26(33(25)35)28-15-19-32(40(42)46)36(31)34(27)28/h2-19,22H,20-21H2,1H3. The molecule has 4 amide bonds. The zero-order chi connectivity index (χ0) is 31.3.